The van der Waals surface area contributed by atoms with Crippen LogP contribution in [0.1, 0.15) is 62.4 Å². The molecular weight excluding hydrogens is 425 g/mol. The number of likely N-dealkylation sites (tertiary alicyclic amines) is 1. The van der Waals surface area contributed by atoms with Crippen LogP contribution in [0.15, 0.2) is 18.2 Å². The lowest BCUT2D eigenvalue weighted by atomic mass is 9.71. The maximum absolute atomic E-state index is 13.6. The Kier molecular flexibility index (Phi) is 6.67. The van der Waals surface area contributed by atoms with Gasteiger partial charge in [-0.2, -0.15) is 13.2 Å². The molecule has 0 aromatic heterocycles. The molecule has 1 aromatic rings. The van der Waals surface area contributed by atoms with Gasteiger partial charge in [-0.05, 0) is 70.1 Å². The van der Waals surface area contributed by atoms with E-state index in [1.807, 2.05) is 20.8 Å². The lowest BCUT2D eigenvalue weighted by Crippen LogP contribution is -2.49. The van der Waals surface area contributed by atoms with Crippen molar-refractivity contribution in [3.05, 3.63) is 29.3 Å². The van der Waals surface area contributed by atoms with Crippen LogP contribution in [0.5, 0.6) is 0 Å². The first-order valence-corrected chi connectivity index (χ1v) is 10.9. The van der Waals surface area contributed by atoms with Gasteiger partial charge in [-0.1, -0.05) is 0 Å². The summed E-state index contributed by atoms with van der Waals surface area (Å²) in [5, 5.41) is 0. The zero-order chi connectivity index (χ0) is 23.7. The monoisotopic (exact) mass is 456 g/mol. The average Bonchev–Trinajstić information content (AvgIpc) is 2.72. The zero-order valence-electron chi connectivity index (χ0n) is 19.1. The van der Waals surface area contributed by atoms with Crippen LogP contribution in [0, 0.1) is 5.41 Å². The third kappa shape index (κ3) is 5.48. The number of rotatable bonds is 2. The molecule has 2 aliphatic heterocycles. The molecule has 0 radical (unpaired) electrons. The number of hydrogen-bond donors (Lipinski definition) is 0. The number of nitrogens with zero attached hydrogens (tertiary/aromatic N) is 2. The van der Waals surface area contributed by atoms with E-state index in [1.165, 1.54) is 13.2 Å². The van der Waals surface area contributed by atoms with Gasteiger partial charge in [0.05, 0.1) is 18.2 Å². The number of amides is 1. The van der Waals surface area contributed by atoms with Gasteiger partial charge < -0.3 is 19.3 Å². The molecule has 2 fully saturated rings. The normalized spacial score (nSPS) is 19.1. The highest BCUT2D eigenvalue weighted by atomic mass is 19.4. The molecule has 2 saturated heterocycles. The van der Waals surface area contributed by atoms with Gasteiger partial charge in [0.2, 0.25) is 0 Å². The molecule has 1 aromatic carbocycles. The lowest BCUT2D eigenvalue weighted by Gasteiger charge is -2.47. The van der Waals surface area contributed by atoms with Gasteiger partial charge in [0.1, 0.15) is 5.60 Å². The number of carbonyl (C=O) groups is 2. The second-order valence-electron chi connectivity index (χ2n) is 9.68. The van der Waals surface area contributed by atoms with E-state index in [4.69, 9.17) is 4.74 Å². The number of hydrogen-bond acceptors (Lipinski definition) is 5. The second-order valence-corrected chi connectivity index (χ2v) is 9.68. The highest BCUT2D eigenvalue weighted by molar-refractivity contribution is 5.91. The Morgan fingerprint density at radius 1 is 0.969 bits per heavy atom. The number of halogens is 3. The van der Waals surface area contributed by atoms with Crippen LogP contribution in [0.2, 0.25) is 0 Å². The molecule has 0 atom stereocenters. The van der Waals surface area contributed by atoms with E-state index in [1.54, 1.807) is 9.80 Å². The van der Waals surface area contributed by atoms with Gasteiger partial charge in [0.25, 0.3) is 0 Å². The summed E-state index contributed by atoms with van der Waals surface area (Å²) < 4.78 is 51.0. The van der Waals surface area contributed by atoms with Crippen molar-refractivity contribution in [3.63, 3.8) is 0 Å². The molecule has 1 spiro atoms. The number of benzene rings is 1. The fourth-order valence-electron chi connectivity index (χ4n) is 4.49. The number of esters is 1. The van der Waals surface area contributed by atoms with Crippen molar-refractivity contribution >= 4 is 17.7 Å². The van der Waals surface area contributed by atoms with E-state index >= 15 is 0 Å². The zero-order valence-corrected chi connectivity index (χ0v) is 19.1. The molecule has 0 saturated carbocycles. The molecule has 0 aliphatic carbocycles. The third-order valence-electron chi connectivity index (χ3n) is 6.36. The number of anilines is 1. The average molecular weight is 457 g/mol. The summed E-state index contributed by atoms with van der Waals surface area (Å²) >= 11 is 0. The number of ether oxygens (including phenoxy) is 2. The van der Waals surface area contributed by atoms with Gasteiger partial charge in [-0.3, -0.25) is 0 Å². The molecule has 0 unspecified atom stereocenters. The molecule has 3 rings (SSSR count). The lowest BCUT2D eigenvalue weighted by molar-refractivity contribution is -0.137. The van der Waals surface area contributed by atoms with Crippen molar-refractivity contribution in [3.8, 4) is 0 Å². The van der Waals surface area contributed by atoms with Crippen molar-refractivity contribution in [1.82, 2.24) is 4.90 Å². The first-order chi connectivity index (χ1) is 14.8. The van der Waals surface area contributed by atoms with Gasteiger partial charge in [-0.25, -0.2) is 9.59 Å². The second kappa shape index (κ2) is 8.83. The summed E-state index contributed by atoms with van der Waals surface area (Å²) in [7, 11) is 1.20. The third-order valence-corrected chi connectivity index (χ3v) is 6.36. The molecular formula is C23H31F3N2O4. The first-order valence-electron chi connectivity index (χ1n) is 10.9. The van der Waals surface area contributed by atoms with Crippen LogP contribution in [-0.4, -0.2) is 55.9 Å². The molecule has 9 heteroatoms. The van der Waals surface area contributed by atoms with Crippen molar-refractivity contribution < 1.29 is 32.2 Å². The maximum Gasteiger partial charge on any atom is 0.418 e. The van der Waals surface area contributed by atoms with E-state index in [0.29, 0.717) is 26.2 Å². The van der Waals surface area contributed by atoms with Crippen molar-refractivity contribution in [2.45, 2.75) is 58.2 Å². The largest absolute Gasteiger partial charge is 0.465 e. The number of alkyl halides is 3. The Morgan fingerprint density at radius 2 is 1.53 bits per heavy atom. The molecule has 2 heterocycles. The highest BCUT2D eigenvalue weighted by Gasteiger charge is 2.41. The Balaban J connectivity index is 1.68. The number of piperidine rings is 2. The van der Waals surface area contributed by atoms with E-state index < -0.39 is 23.3 Å². The topological polar surface area (TPSA) is 59.1 Å². The van der Waals surface area contributed by atoms with Crippen LogP contribution < -0.4 is 4.90 Å². The predicted molar refractivity (Wildman–Crippen MR) is 114 cm³/mol. The molecule has 32 heavy (non-hydrogen) atoms. The minimum absolute atomic E-state index is 0.00731. The van der Waals surface area contributed by atoms with E-state index in [0.717, 1.165) is 37.8 Å². The smallest absolute Gasteiger partial charge is 0.418 e. The summed E-state index contributed by atoms with van der Waals surface area (Å²) in [5.74, 6) is -0.664. The van der Waals surface area contributed by atoms with E-state index in [-0.39, 0.29) is 22.8 Å². The van der Waals surface area contributed by atoms with Crippen LogP contribution in [0.4, 0.5) is 23.7 Å². The summed E-state index contributed by atoms with van der Waals surface area (Å²) in [6, 6.07) is 3.37. The van der Waals surface area contributed by atoms with Crippen molar-refractivity contribution in [2.24, 2.45) is 5.41 Å². The minimum atomic E-state index is -4.52. The van der Waals surface area contributed by atoms with Crippen molar-refractivity contribution in [1.29, 1.82) is 0 Å². The molecule has 1 amide bonds. The maximum atomic E-state index is 13.6. The Bertz CT molecular complexity index is 846. The minimum Gasteiger partial charge on any atom is -0.465 e. The molecule has 2 aliphatic rings. The van der Waals surface area contributed by atoms with Crippen LogP contribution in [0.25, 0.3) is 0 Å². The summed E-state index contributed by atoms with van der Waals surface area (Å²) in [6.45, 7) is 7.57. The Labute approximate surface area is 186 Å². The Hall–Kier alpha value is -2.45. The number of carbonyl (C=O) groups excluding carboxylic acids is 2. The van der Waals surface area contributed by atoms with Crippen LogP contribution >= 0.6 is 0 Å². The summed E-state index contributed by atoms with van der Waals surface area (Å²) in [5.41, 5.74) is -1.18. The van der Waals surface area contributed by atoms with E-state index in [2.05, 4.69) is 4.74 Å². The van der Waals surface area contributed by atoms with Crippen molar-refractivity contribution in [2.75, 3.05) is 38.2 Å². The molecule has 178 valence electrons. The molecule has 6 nitrogen and oxygen atoms in total. The quantitative estimate of drug-likeness (QED) is 0.579. The summed E-state index contributed by atoms with van der Waals surface area (Å²) in [6.07, 6.45) is -1.77. The fourth-order valence-corrected chi connectivity index (χ4v) is 4.49. The fraction of sp³-hybridized carbons (Fsp3) is 0.652. The van der Waals surface area contributed by atoms with Crippen LogP contribution in [-0.2, 0) is 15.7 Å². The predicted octanol–water partition coefficient (Wildman–Crippen LogP) is 5.11. The molecule has 0 bridgehead atoms. The standard InChI is InChI=1S/C23H31F3N2O4/c1-21(2,3)32-20(30)28-13-9-22(10-14-28)7-11-27(12-8-22)18-15-16(19(29)31-4)5-6-17(18)23(24,25)26/h5-6,15H,7-14H2,1-4H3. The van der Waals surface area contributed by atoms with Gasteiger partial charge >= 0.3 is 18.2 Å². The summed E-state index contributed by atoms with van der Waals surface area (Å²) in [4.78, 5) is 27.6. The van der Waals surface area contributed by atoms with Gasteiger partial charge in [0, 0.05) is 31.9 Å². The first kappa shape index (κ1) is 24.2. The number of methoxy groups -OCH3 is 1. The van der Waals surface area contributed by atoms with Gasteiger partial charge in [-0.15, -0.1) is 0 Å². The van der Waals surface area contributed by atoms with Crippen LogP contribution in [0.3, 0.4) is 0 Å². The van der Waals surface area contributed by atoms with Gasteiger partial charge in [0.15, 0.2) is 0 Å². The molecule has 0 N–H and O–H groups in total. The SMILES string of the molecule is COC(=O)c1ccc(C(F)(F)F)c(N2CCC3(CCN(C(=O)OC(C)(C)C)CC3)CC2)c1. The Morgan fingerprint density at radius 3 is 2.03 bits per heavy atom. The van der Waals surface area contributed by atoms with E-state index in [9.17, 15) is 22.8 Å². The highest BCUT2D eigenvalue weighted by Crippen LogP contribution is 2.44.